The monoisotopic (exact) mass is 291 g/mol. The maximum absolute atomic E-state index is 11.8. The molecule has 6 heteroatoms. The molecule has 0 aromatic carbocycles. The first-order valence-corrected chi connectivity index (χ1v) is 7.01. The lowest BCUT2D eigenvalue weighted by Gasteiger charge is -2.36. The first-order chi connectivity index (χ1) is 8.66. The Balaban J connectivity index is 0.00000180. The van der Waals surface area contributed by atoms with Crippen molar-refractivity contribution in [3.8, 4) is 0 Å². The summed E-state index contributed by atoms with van der Waals surface area (Å²) in [5, 5.41) is 0. The standard InChI is InChI=1S/C13H25N3O2.ClH/c1-11(14)13(17)16-4-2-12(3-5-16)10-15-6-8-18-9-7-15;/h11-12H,2-10,14H2,1H3;1H. The molecule has 2 saturated heterocycles. The SMILES string of the molecule is CC(N)C(=O)N1CCC(CN2CCOCC2)CC1.Cl. The van der Waals surface area contributed by atoms with Crippen LogP contribution in [0.1, 0.15) is 19.8 Å². The number of morpholine rings is 1. The Labute approximate surface area is 121 Å². The zero-order chi connectivity index (χ0) is 13.0. The van der Waals surface area contributed by atoms with E-state index in [1.165, 1.54) is 0 Å². The number of hydrogen-bond donors (Lipinski definition) is 1. The number of carbonyl (C=O) groups excluding carboxylic acids is 1. The summed E-state index contributed by atoms with van der Waals surface area (Å²) < 4.78 is 5.36. The van der Waals surface area contributed by atoms with E-state index in [0.29, 0.717) is 0 Å². The highest BCUT2D eigenvalue weighted by atomic mass is 35.5. The molecule has 5 nitrogen and oxygen atoms in total. The van der Waals surface area contributed by atoms with Gasteiger partial charge in [0.25, 0.3) is 0 Å². The summed E-state index contributed by atoms with van der Waals surface area (Å²) in [6.45, 7) is 8.50. The summed E-state index contributed by atoms with van der Waals surface area (Å²) in [7, 11) is 0. The van der Waals surface area contributed by atoms with Crippen LogP contribution in [0.3, 0.4) is 0 Å². The number of nitrogens with zero attached hydrogens (tertiary/aromatic N) is 2. The summed E-state index contributed by atoms with van der Waals surface area (Å²) in [5.74, 6) is 0.819. The summed E-state index contributed by atoms with van der Waals surface area (Å²) >= 11 is 0. The van der Waals surface area contributed by atoms with Crippen molar-refractivity contribution in [2.75, 3.05) is 45.9 Å². The molecule has 2 fully saturated rings. The first-order valence-electron chi connectivity index (χ1n) is 7.01. The molecule has 0 spiro atoms. The van der Waals surface area contributed by atoms with Crippen molar-refractivity contribution in [1.29, 1.82) is 0 Å². The fraction of sp³-hybridized carbons (Fsp3) is 0.923. The molecule has 2 rings (SSSR count). The molecule has 2 N–H and O–H groups in total. The maximum atomic E-state index is 11.8. The number of nitrogens with two attached hydrogens (primary N) is 1. The number of piperidine rings is 1. The average molecular weight is 292 g/mol. The number of amides is 1. The highest BCUT2D eigenvalue weighted by Gasteiger charge is 2.25. The third-order valence-corrected chi connectivity index (χ3v) is 3.94. The van der Waals surface area contributed by atoms with Gasteiger partial charge >= 0.3 is 0 Å². The highest BCUT2D eigenvalue weighted by molar-refractivity contribution is 5.85. The van der Waals surface area contributed by atoms with E-state index in [9.17, 15) is 4.79 Å². The van der Waals surface area contributed by atoms with Gasteiger partial charge in [0.2, 0.25) is 5.91 Å². The number of carbonyl (C=O) groups is 1. The second kappa shape index (κ2) is 8.04. The van der Waals surface area contributed by atoms with Crippen LogP contribution in [-0.4, -0.2) is 67.7 Å². The minimum Gasteiger partial charge on any atom is -0.379 e. The fourth-order valence-corrected chi connectivity index (χ4v) is 2.77. The van der Waals surface area contributed by atoms with Crippen LogP contribution in [0.5, 0.6) is 0 Å². The number of rotatable bonds is 3. The lowest BCUT2D eigenvalue weighted by atomic mass is 9.95. The van der Waals surface area contributed by atoms with E-state index in [1.807, 2.05) is 4.90 Å². The summed E-state index contributed by atoms with van der Waals surface area (Å²) in [6.07, 6.45) is 2.21. The normalized spacial score (nSPS) is 23.8. The van der Waals surface area contributed by atoms with Crippen LogP contribution in [0.15, 0.2) is 0 Å². The molecular formula is C13H26ClN3O2. The predicted molar refractivity (Wildman–Crippen MR) is 77.5 cm³/mol. The van der Waals surface area contributed by atoms with Gasteiger partial charge < -0.3 is 15.4 Å². The van der Waals surface area contributed by atoms with Crippen molar-refractivity contribution in [3.63, 3.8) is 0 Å². The number of halogens is 1. The van der Waals surface area contributed by atoms with Gasteiger partial charge in [0, 0.05) is 32.7 Å². The van der Waals surface area contributed by atoms with Crippen LogP contribution in [0, 0.1) is 5.92 Å². The second-order valence-corrected chi connectivity index (χ2v) is 5.47. The van der Waals surface area contributed by atoms with E-state index in [-0.39, 0.29) is 24.4 Å². The highest BCUT2D eigenvalue weighted by Crippen LogP contribution is 2.19. The van der Waals surface area contributed by atoms with E-state index in [2.05, 4.69) is 4.90 Å². The molecule has 19 heavy (non-hydrogen) atoms. The zero-order valence-electron chi connectivity index (χ0n) is 11.7. The third-order valence-electron chi connectivity index (χ3n) is 3.94. The summed E-state index contributed by atoms with van der Waals surface area (Å²) in [5.41, 5.74) is 5.64. The fourth-order valence-electron chi connectivity index (χ4n) is 2.77. The topological polar surface area (TPSA) is 58.8 Å². The van der Waals surface area contributed by atoms with Crippen molar-refractivity contribution >= 4 is 18.3 Å². The molecule has 2 aliphatic heterocycles. The Morgan fingerprint density at radius 2 is 1.84 bits per heavy atom. The van der Waals surface area contributed by atoms with Crippen molar-refractivity contribution in [2.45, 2.75) is 25.8 Å². The number of likely N-dealkylation sites (tertiary alicyclic amines) is 1. The molecule has 0 radical (unpaired) electrons. The van der Waals surface area contributed by atoms with Gasteiger partial charge in [-0.2, -0.15) is 0 Å². The molecule has 112 valence electrons. The number of hydrogen-bond acceptors (Lipinski definition) is 4. The Kier molecular flexibility index (Phi) is 7.07. The molecule has 0 aliphatic carbocycles. The first kappa shape index (κ1) is 16.7. The maximum Gasteiger partial charge on any atom is 0.239 e. The Morgan fingerprint density at radius 1 is 1.26 bits per heavy atom. The smallest absolute Gasteiger partial charge is 0.239 e. The lowest BCUT2D eigenvalue weighted by Crippen LogP contribution is -2.48. The zero-order valence-corrected chi connectivity index (χ0v) is 12.5. The van der Waals surface area contributed by atoms with E-state index < -0.39 is 0 Å². The van der Waals surface area contributed by atoms with Gasteiger partial charge in [-0.25, -0.2) is 0 Å². The quantitative estimate of drug-likeness (QED) is 0.814. The van der Waals surface area contributed by atoms with Crippen molar-refractivity contribution in [1.82, 2.24) is 9.80 Å². The second-order valence-electron chi connectivity index (χ2n) is 5.47. The lowest BCUT2D eigenvalue weighted by molar-refractivity contribution is -0.133. The van der Waals surface area contributed by atoms with Gasteiger partial charge in [0.1, 0.15) is 0 Å². The predicted octanol–water partition coefficient (Wildman–Crippen LogP) is 0.326. The van der Waals surface area contributed by atoms with Gasteiger partial charge in [-0.3, -0.25) is 9.69 Å². The van der Waals surface area contributed by atoms with Crippen LogP contribution >= 0.6 is 12.4 Å². The van der Waals surface area contributed by atoms with Gasteiger partial charge in [0.15, 0.2) is 0 Å². The van der Waals surface area contributed by atoms with E-state index in [4.69, 9.17) is 10.5 Å². The molecular weight excluding hydrogens is 266 g/mol. The third kappa shape index (κ3) is 4.91. The van der Waals surface area contributed by atoms with Crippen LogP contribution in [0.25, 0.3) is 0 Å². The van der Waals surface area contributed by atoms with Gasteiger partial charge in [-0.05, 0) is 25.7 Å². The molecule has 1 atom stereocenters. The van der Waals surface area contributed by atoms with E-state index in [0.717, 1.165) is 64.7 Å². The Morgan fingerprint density at radius 3 is 2.37 bits per heavy atom. The van der Waals surface area contributed by atoms with Gasteiger partial charge in [-0.1, -0.05) is 0 Å². The molecule has 1 unspecified atom stereocenters. The van der Waals surface area contributed by atoms with Crippen molar-refractivity contribution in [2.24, 2.45) is 11.7 Å². The molecule has 2 heterocycles. The minimum atomic E-state index is -0.360. The van der Waals surface area contributed by atoms with Gasteiger partial charge in [0.05, 0.1) is 19.3 Å². The molecule has 0 aromatic heterocycles. The molecule has 0 saturated carbocycles. The average Bonchev–Trinajstić information content (AvgIpc) is 2.40. The van der Waals surface area contributed by atoms with Crippen molar-refractivity contribution in [3.05, 3.63) is 0 Å². The van der Waals surface area contributed by atoms with Crippen molar-refractivity contribution < 1.29 is 9.53 Å². The minimum absolute atomic E-state index is 0. The Bertz CT molecular complexity index is 275. The van der Waals surface area contributed by atoms with Gasteiger partial charge in [-0.15, -0.1) is 12.4 Å². The summed E-state index contributed by atoms with van der Waals surface area (Å²) in [4.78, 5) is 16.2. The summed E-state index contributed by atoms with van der Waals surface area (Å²) in [6, 6.07) is -0.360. The van der Waals surface area contributed by atoms with E-state index in [1.54, 1.807) is 6.92 Å². The largest absolute Gasteiger partial charge is 0.379 e. The number of ether oxygens (including phenoxy) is 1. The van der Waals surface area contributed by atoms with Crippen LogP contribution in [-0.2, 0) is 9.53 Å². The van der Waals surface area contributed by atoms with Crippen LogP contribution in [0.2, 0.25) is 0 Å². The molecule has 0 aromatic rings. The van der Waals surface area contributed by atoms with E-state index >= 15 is 0 Å². The Hall–Kier alpha value is -0.360. The molecule has 0 bridgehead atoms. The van der Waals surface area contributed by atoms with Crippen LogP contribution in [0.4, 0.5) is 0 Å². The molecule has 1 amide bonds. The molecule has 2 aliphatic rings. The van der Waals surface area contributed by atoms with Crippen LogP contribution < -0.4 is 5.73 Å².